The molecule has 1 heterocycles. The number of methoxy groups -OCH3 is 1. The highest BCUT2D eigenvalue weighted by atomic mass is 35.5. The third kappa shape index (κ3) is 4.26. The molecule has 0 spiro atoms. The number of nitrogens with one attached hydrogen (secondary N) is 1. The lowest BCUT2D eigenvalue weighted by atomic mass is 10.2. The number of benzene rings is 2. The van der Waals surface area contributed by atoms with Crippen LogP contribution in [-0.2, 0) is 14.8 Å². The predicted octanol–water partition coefficient (Wildman–Crippen LogP) is 3.75. The van der Waals surface area contributed by atoms with Gasteiger partial charge >= 0.3 is 5.97 Å². The molecule has 3 aromatic rings. The molecule has 0 aliphatic rings. The average Bonchev–Trinajstić information content (AvgIpc) is 3.09. The number of aromatic nitrogens is 2. The summed E-state index contributed by atoms with van der Waals surface area (Å²) in [5.41, 5.74) is 2.00. The summed E-state index contributed by atoms with van der Waals surface area (Å²) >= 11 is 7.09. The Balaban J connectivity index is 1.89. The Morgan fingerprint density at radius 3 is 2.52 bits per heavy atom. The first-order chi connectivity index (χ1) is 12.8. The summed E-state index contributed by atoms with van der Waals surface area (Å²) in [6, 6.07) is 11.5. The Hall–Kier alpha value is -2.49. The van der Waals surface area contributed by atoms with Crippen molar-refractivity contribution in [3.8, 4) is 10.6 Å². The van der Waals surface area contributed by atoms with E-state index in [4.69, 9.17) is 11.6 Å². The lowest BCUT2D eigenvalue weighted by Gasteiger charge is -2.08. The molecule has 0 aliphatic heterocycles. The molecule has 27 heavy (non-hydrogen) atoms. The van der Waals surface area contributed by atoms with Crippen molar-refractivity contribution in [1.29, 1.82) is 0 Å². The standard InChI is InChI=1S/C17H14ClN3O4S2/c1-10-3-5-11(6-4-10)15-19-20-17(26-15)21-27(23,24)14-9-12(16(22)25-2)7-8-13(14)18/h3-9H,1-2H3,(H,20,21). The first-order valence-electron chi connectivity index (χ1n) is 7.61. The minimum atomic E-state index is -4.07. The molecule has 10 heteroatoms. The number of hydrogen-bond donors (Lipinski definition) is 1. The quantitative estimate of drug-likeness (QED) is 0.627. The maximum absolute atomic E-state index is 12.7. The fourth-order valence-corrected chi connectivity index (χ4v) is 4.71. The summed E-state index contributed by atoms with van der Waals surface area (Å²) in [5, 5.41) is 8.51. The maximum Gasteiger partial charge on any atom is 0.337 e. The highest BCUT2D eigenvalue weighted by Crippen LogP contribution is 2.30. The van der Waals surface area contributed by atoms with Gasteiger partial charge in [-0.3, -0.25) is 4.72 Å². The van der Waals surface area contributed by atoms with Gasteiger partial charge in [-0.15, -0.1) is 10.2 Å². The van der Waals surface area contributed by atoms with E-state index in [1.165, 1.54) is 19.2 Å². The van der Waals surface area contributed by atoms with Gasteiger partial charge in [-0.2, -0.15) is 0 Å². The van der Waals surface area contributed by atoms with Crippen LogP contribution in [-0.4, -0.2) is 31.7 Å². The fraction of sp³-hybridized carbons (Fsp3) is 0.118. The van der Waals surface area contributed by atoms with Crippen molar-refractivity contribution in [2.45, 2.75) is 11.8 Å². The zero-order chi connectivity index (χ0) is 19.6. The van der Waals surface area contributed by atoms with E-state index < -0.39 is 16.0 Å². The van der Waals surface area contributed by atoms with Crippen molar-refractivity contribution in [3.05, 3.63) is 58.6 Å². The smallest absolute Gasteiger partial charge is 0.337 e. The average molecular weight is 424 g/mol. The second kappa shape index (κ2) is 7.63. The van der Waals surface area contributed by atoms with E-state index in [-0.39, 0.29) is 20.6 Å². The van der Waals surface area contributed by atoms with Crippen molar-refractivity contribution in [1.82, 2.24) is 10.2 Å². The molecular formula is C17H14ClN3O4S2. The van der Waals surface area contributed by atoms with Crippen molar-refractivity contribution in [2.24, 2.45) is 0 Å². The van der Waals surface area contributed by atoms with Gasteiger partial charge < -0.3 is 4.74 Å². The predicted molar refractivity (Wildman–Crippen MR) is 104 cm³/mol. The topological polar surface area (TPSA) is 98.2 Å². The van der Waals surface area contributed by atoms with Crippen LogP contribution < -0.4 is 4.72 Å². The molecule has 0 saturated carbocycles. The monoisotopic (exact) mass is 423 g/mol. The van der Waals surface area contributed by atoms with Gasteiger partial charge in [0.2, 0.25) is 5.13 Å². The number of carbonyl (C=O) groups is 1. The normalized spacial score (nSPS) is 11.2. The number of anilines is 1. The summed E-state index contributed by atoms with van der Waals surface area (Å²) < 4.78 is 32.3. The molecule has 0 saturated heterocycles. The second-order valence-corrected chi connectivity index (χ2v) is 8.56. The number of ether oxygens (including phenoxy) is 1. The van der Waals surface area contributed by atoms with Crippen LogP contribution in [0.2, 0.25) is 5.02 Å². The van der Waals surface area contributed by atoms with E-state index in [0.29, 0.717) is 5.01 Å². The van der Waals surface area contributed by atoms with Gasteiger partial charge in [-0.25, -0.2) is 13.2 Å². The van der Waals surface area contributed by atoms with Crippen LogP contribution in [0.5, 0.6) is 0 Å². The molecule has 0 aliphatic carbocycles. The van der Waals surface area contributed by atoms with E-state index in [1.54, 1.807) is 0 Å². The Kier molecular flexibility index (Phi) is 5.45. The van der Waals surface area contributed by atoms with Crippen molar-refractivity contribution >= 4 is 44.1 Å². The van der Waals surface area contributed by atoms with E-state index in [2.05, 4.69) is 19.7 Å². The van der Waals surface area contributed by atoms with Crippen molar-refractivity contribution < 1.29 is 17.9 Å². The first kappa shape index (κ1) is 19.3. The molecule has 0 amide bonds. The van der Waals surface area contributed by atoms with Crippen LogP contribution in [0, 0.1) is 6.92 Å². The first-order valence-corrected chi connectivity index (χ1v) is 10.3. The summed E-state index contributed by atoms with van der Waals surface area (Å²) in [5.74, 6) is -0.666. The number of carbonyl (C=O) groups excluding carboxylic acids is 1. The van der Waals surface area contributed by atoms with E-state index >= 15 is 0 Å². The zero-order valence-electron chi connectivity index (χ0n) is 14.3. The van der Waals surface area contributed by atoms with Gasteiger partial charge in [0.05, 0.1) is 17.7 Å². The molecule has 0 unspecified atom stereocenters. The van der Waals surface area contributed by atoms with Crippen LogP contribution in [0.3, 0.4) is 0 Å². The largest absolute Gasteiger partial charge is 0.465 e. The van der Waals surface area contributed by atoms with E-state index in [1.807, 2.05) is 31.2 Å². The van der Waals surface area contributed by atoms with Gasteiger partial charge in [0.25, 0.3) is 10.0 Å². The summed E-state index contributed by atoms with van der Waals surface area (Å²) in [7, 11) is -2.86. The van der Waals surface area contributed by atoms with Crippen LogP contribution in [0.15, 0.2) is 47.4 Å². The number of aryl methyl sites for hydroxylation is 1. The van der Waals surface area contributed by atoms with Gasteiger partial charge in [-0.05, 0) is 25.1 Å². The lowest BCUT2D eigenvalue weighted by molar-refractivity contribution is 0.0600. The molecule has 140 valence electrons. The summed E-state index contributed by atoms with van der Waals surface area (Å²) in [4.78, 5) is 11.4. The van der Waals surface area contributed by atoms with Gasteiger partial charge in [-0.1, -0.05) is 52.8 Å². The molecule has 2 aromatic carbocycles. The third-order valence-corrected chi connectivity index (χ3v) is 6.42. The zero-order valence-corrected chi connectivity index (χ0v) is 16.7. The number of sulfonamides is 1. The number of halogens is 1. The number of nitrogens with zero attached hydrogens (tertiary/aromatic N) is 2. The number of rotatable bonds is 5. The van der Waals surface area contributed by atoms with E-state index in [9.17, 15) is 13.2 Å². The number of esters is 1. The van der Waals surface area contributed by atoms with Gasteiger partial charge in [0.15, 0.2) is 0 Å². The Labute approximate surface area is 165 Å². The molecule has 1 N–H and O–H groups in total. The van der Waals surface area contributed by atoms with Gasteiger partial charge in [0.1, 0.15) is 9.90 Å². The molecule has 0 bridgehead atoms. The minimum Gasteiger partial charge on any atom is -0.465 e. The minimum absolute atomic E-state index is 0.0292. The number of hydrogen-bond acceptors (Lipinski definition) is 7. The Bertz CT molecular complexity index is 1100. The van der Waals surface area contributed by atoms with Crippen molar-refractivity contribution in [3.63, 3.8) is 0 Å². The highest BCUT2D eigenvalue weighted by Gasteiger charge is 2.22. The van der Waals surface area contributed by atoms with Crippen LogP contribution in [0.4, 0.5) is 5.13 Å². The second-order valence-electron chi connectivity index (χ2n) is 5.52. The molecule has 1 aromatic heterocycles. The maximum atomic E-state index is 12.7. The van der Waals surface area contributed by atoms with Crippen LogP contribution in [0.25, 0.3) is 10.6 Å². The lowest BCUT2D eigenvalue weighted by Crippen LogP contribution is -2.14. The third-order valence-electron chi connectivity index (χ3n) is 3.59. The Morgan fingerprint density at radius 1 is 1.15 bits per heavy atom. The molecule has 7 nitrogen and oxygen atoms in total. The Morgan fingerprint density at radius 2 is 1.85 bits per heavy atom. The summed E-state index contributed by atoms with van der Waals surface area (Å²) in [6.07, 6.45) is 0. The molecule has 0 atom stereocenters. The van der Waals surface area contributed by atoms with Crippen molar-refractivity contribution in [2.75, 3.05) is 11.8 Å². The highest BCUT2D eigenvalue weighted by molar-refractivity contribution is 7.93. The molecule has 0 fully saturated rings. The molecular weight excluding hydrogens is 410 g/mol. The molecule has 0 radical (unpaired) electrons. The van der Waals surface area contributed by atoms with Gasteiger partial charge in [0, 0.05) is 5.56 Å². The molecule has 3 rings (SSSR count). The van der Waals surface area contributed by atoms with Crippen LogP contribution >= 0.6 is 22.9 Å². The SMILES string of the molecule is COC(=O)c1ccc(Cl)c(S(=O)(=O)Nc2nnc(-c3ccc(C)cc3)s2)c1. The van der Waals surface area contributed by atoms with Crippen LogP contribution in [0.1, 0.15) is 15.9 Å². The summed E-state index contributed by atoms with van der Waals surface area (Å²) in [6.45, 7) is 1.97. The fourth-order valence-electron chi connectivity index (χ4n) is 2.20. The van der Waals surface area contributed by atoms with E-state index in [0.717, 1.165) is 28.5 Å².